The first-order valence-corrected chi connectivity index (χ1v) is 9.12. The maximum Gasteiger partial charge on any atom is 0.225 e. The number of unbranched alkanes of at least 4 members (excludes halogenated alkanes) is 1. The molecule has 0 bridgehead atoms. The smallest absolute Gasteiger partial charge is 0.225 e. The largest absolute Gasteiger partial charge is 0.372 e. The predicted molar refractivity (Wildman–Crippen MR) is 104 cm³/mol. The fourth-order valence-electron chi connectivity index (χ4n) is 2.98. The molecule has 1 amide bonds. The number of hydrogen-bond donors (Lipinski definition) is 2. The average molecular weight is 338 g/mol. The molecule has 0 atom stereocenters. The van der Waals surface area contributed by atoms with Crippen molar-refractivity contribution >= 4 is 28.8 Å². The number of hydrogen-bond acceptors (Lipinski definition) is 4. The zero-order valence-electron chi connectivity index (χ0n) is 14.8. The number of carbonyl (C=O) groups is 1. The molecule has 0 unspecified atom stereocenters. The van der Waals surface area contributed by atoms with Crippen molar-refractivity contribution in [2.75, 3.05) is 28.6 Å². The number of pyridine rings is 1. The number of benzene rings is 1. The van der Waals surface area contributed by atoms with E-state index in [1.165, 1.54) is 18.5 Å². The van der Waals surface area contributed by atoms with Gasteiger partial charge in [0.2, 0.25) is 5.91 Å². The highest BCUT2D eigenvalue weighted by Crippen LogP contribution is 2.24. The zero-order chi connectivity index (χ0) is 17.5. The third-order valence-corrected chi connectivity index (χ3v) is 4.42. The highest BCUT2D eigenvalue weighted by Gasteiger charge is 2.11. The summed E-state index contributed by atoms with van der Waals surface area (Å²) >= 11 is 0. The van der Waals surface area contributed by atoms with Gasteiger partial charge in [-0.05, 0) is 55.7 Å². The first-order valence-electron chi connectivity index (χ1n) is 9.12. The van der Waals surface area contributed by atoms with Crippen molar-refractivity contribution in [3.05, 3.63) is 42.6 Å². The molecule has 1 aromatic carbocycles. The molecule has 5 nitrogen and oxygen atoms in total. The fraction of sp³-hybridized carbons (Fsp3) is 0.400. The van der Waals surface area contributed by atoms with E-state index in [1.54, 1.807) is 6.20 Å². The molecule has 0 saturated carbocycles. The van der Waals surface area contributed by atoms with Crippen molar-refractivity contribution in [1.82, 2.24) is 4.98 Å². The van der Waals surface area contributed by atoms with Crippen molar-refractivity contribution in [2.24, 2.45) is 0 Å². The van der Waals surface area contributed by atoms with Crippen LogP contribution in [0.25, 0.3) is 0 Å². The standard InChI is InChI=1S/C20H26N4O/c1-2-3-6-20(25)23-19-12-9-17(15-21-19)22-16-7-10-18(11-8-16)24-13-4-5-14-24/h7-12,15,22H,2-6,13-14H2,1H3,(H,21,23,25). The van der Waals surface area contributed by atoms with Gasteiger partial charge < -0.3 is 15.5 Å². The Morgan fingerprint density at radius 3 is 2.44 bits per heavy atom. The summed E-state index contributed by atoms with van der Waals surface area (Å²) in [6.07, 6.45) is 6.77. The van der Waals surface area contributed by atoms with Crippen LogP contribution in [0.4, 0.5) is 22.9 Å². The van der Waals surface area contributed by atoms with E-state index in [0.717, 1.165) is 37.3 Å². The van der Waals surface area contributed by atoms with Crippen molar-refractivity contribution < 1.29 is 4.79 Å². The van der Waals surface area contributed by atoms with Crippen molar-refractivity contribution in [3.8, 4) is 0 Å². The Hall–Kier alpha value is -2.56. The van der Waals surface area contributed by atoms with E-state index in [0.29, 0.717) is 12.2 Å². The Morgan fingerprint density at radius 1 is 1.08 bits per heavy atom. The maximum atomic E-state index is 11.7. The van der Waals surface area contributed by atoms with Crippen LogP contribution in [-0.2, 0) is 4.79 Å². The second kappa shape index (κ2) is 8.51. The summed E-state index contributed by atoms with van der Waals surface area (Å²) in [7, 11) is 0. The third-order valence-electron chi connectivity index (χ3n) is 4.42. The van der Waals surface area contributed by atoms with Crippen molar-refractivity contribution in [1.29, 1.82) is 0 Å². The van der Waals surface area contributed by atoms with Crippen LogP contribution >= 0.6 is 0 Å². The monoisotopic (exact) mass is 338 g/mol. The molecule has 25 heavy (non-hydrogen) atoms. The van der Waals surface area contributed by atoms with E-state index >= 15 is 0 Å². The SMILES string of the molecule is CCCCC(=O)Nc1ccc(Nc2ccc(N3CCCC3)cc2)cn1. The van der Waals surface area contributed by atoms with Gasteiger partial charge in [0.25, 0.3) is 0 Å². The lowest BCUT2D eigenvalue weighted by atomic mass is 10.2. The topological polar surface area (TPSA) is 57.3 Å². The Kier molecular flexibility index (Phi) is 5.88. The van der Waals surface area contributed by atoms with Gasteiger partial charge in [-0.2, -0.15) is 0 Å². The summed E-state index contributed by atoms with van der Waals surface area (Å²) in [5.41, 5.74) is 3.22. The number of rotatable bonds is 7. The fourth-order valence-corrected chi connectivity index (χ4v) is 2.98. The molecule has 132 valence electrons. The van der Waals surface area contributed by atoms with Crippen LogP contribution in [0.15, 0.2) is 42.6 Å². The first-order chi connectivity index (χ1) is 12.2. The second-order valence-corrected chi connectivity index (χ2v) is 6.45. The van der Waals surface area contributed by atoms with Crippen LogP contribution in [0.1, 0.15) is 39.0 Å². The molecule has 1 aliphatic rings. The molecule has 3 rings (SSSR count). The first kappa shape index (κ1) is 17.3. The number of nitrogens with zero attached hydrogens (tertiary/aromatic N) is 2. The minimum absolute atomic E-state index is 0.0209. The number of amides is 1. The molecule has 2 aromatic rings. The average Bonchev–Trinajstić information content (AvgIpc) is 3.17. The molecule has 2 N–H and O–H groups in total. The molecule has 1 aliphatic heterocycles. The van der Waals surface area contributed by atoms with Gasteiger partial charge in [0.05, 0.1) is 11.9 Å². The Balaban J connectivity index is 1.55. The van der Waals surface area contributed by atoms with E-state index in [-0.39, 0.29) is 5.91 Å². The minimum atomic E-state index is 0.0209. The highest BCUT2D eigenvalue weighted by atomic mass is 16.1. The van der Waals surface area contributed by atoms with E-state index in [9.17, 15) is 4.79 Å². The lowest BCUT2D eigenvalue weighted by molar-refractivity contribution is -0.116. The minimum Gasteiger partial charge on any atom is -0.372 e. The lowest BCUT2D eigenvalue weighted by Crippen LogP contribution is -2.17. The molecular weight excluding hydrogens is 312 g/mol. The van der Waals surface area contributed by atoms with Crippen molar-refractivity contribution in [2.45, 2.75) is 39.0 Å². The number of aromatic nitrogens is 1. The molecule has 1 saturated heterocycles. The van der Waals surface area contributed by atoms with Crippen LogP contribution in [0, 0.1) is 0 Å². The molecule has 0 radical (unpaired) electrons. The van der Waals surface area contributed by atoms with Crippen LogP contribution in [-0.4, -0.2) is 24.0 Å². The van der Waals surface area contributed by atoms with E-state index in [2.05, 4.69) is 51.7 Å². The summed E-state index contributed by atoms with van der Waals surface area (Å²) in [5, 5.41) is 6.17. The van der Waals surface area contributed by atoms with Gasteiger partial charge in [0, 0.05) is 30.9 Å². The summed E-state index contributed by atoms with van der Waals surface area (Å²) in [6, 6.07) is 12.2. The zero-order valence-corrected chi connectivity index (χ0v) is 14.8. The van der Waals surface area contributed by atoms with Gasteiger partial charge in [-0.25, -0.2) is 4.98 Å². The Labute approximate surface area is 149 Å². The Bertz CT molecular complexity index is 676. The van der Waals surface area contributed by atoms with Crippen LogP contribution < -0.4 is 15.5 Å². The molecule has 1 aromatic heterocycles. The highest BCUT2D eigenvalue weighted by molar-refractivity contribution is 5.89. The normalized spacial score (nSPS) is 13.7. The Morgan fingerprint density at radius 2 is 1.80 bits per heavy atom. The summed E-state index contributed by atoms with van der Waals surface area (Å²) in [4.78, 5) is 18.4. The maximum absolute atomic E-state index is 11.7. The van der Waals surface area contributed by atoms with Crippen LogP contribution in [0.5, 0.6) is 0 Å². The second-order valence-electron chi connectivity index (χ2n) is 6.45. The summed E-state index contributed by atoms with van der Waals surface area (Å²) in [6.45, 7) is 4.38. The van der Waals surface area contributed by atoms with E-state index in [1.807, 2.05) is 12.1 Å². The molecule has 0 aliphatic carbocycles. The molecule has 1 fully saturated rings. The quantitative estimate of drug-likeness (QED) is 0.777. The van der Waals surface area contributed by atoms with E-state index in [4.69, 9.17) is 0 Å². The number of anilines is 4. The molecule has 2 heterocycles. The third kappa shape index (κ3) is 4.95. The van der Waals surface area contributed by atoms with Gasteiger partial charge in [0.15, 0.2) is 0 Å². The predicted octanol–water partition coefficient (Wildman–Crippen LogP) is 4.55. The number of nitrogens with one attached hydrogen (secondary N) is 2. The van der Waals surface area contributed by atoms with Crippen LogP contribution in [0.2, 0.25) is 0 Å². The van der Waals surface area contributed by atoms with Gasteiger partial charge in [-0.15, -0.1) is 0 Å². The lowest BCUT2D eigenvalue weighted by Gasteiger charge is -2.18. The molecule has 5 heteroatoms. The number of carbonyl (C=O) groups excluding carboxylic acids is 1. The van der Waals surface area contributed by atoms with Crippen LogP contribution in [0.3, 0.4) is 0 Å². The van der Waals surface area contributed by atoms with Gasteiger partial charge in [-0.3, -0.25) is 4.79 Å². The van der Waals surface area contributed by atoms with Gasteiger partial charge in [0.1, 0.15) is 5.82 Å². The van der Waals surface area contributed by atoms with Gasteiger partial charge in [-0.1, -0.05) is 13.3 Å². The summed E-state index contributed by atoms with van der Waals surface area (Å²) in [5.74, 6) is 0.614. The summed E-state index contributed by atoms with van der Waals surface area (Å²) < 4.78 is 0. The molecular formula is C20H26N4O. The van der Waals surface area contributed by atoms with Gasteiger partial charge >= 0.3 is 0 Å². The van der Waals surface area contributed by atoms with Crippen molar-refractivity contribution in [3.63, 3.8) is 0 Å². The molecule has 0 spiro atoms. The van der Waals surface area contributed by atoms with E-state index < -0.39 is 0 Å².